The van der Waals surface area contributed by atoms with Gasteiger partial charge in [-0.2, -0.15) is 5.10 Å². The Labute approximate surface area is 102 Å². The molecule has 5 heteroatoms. The van der Waals surface area contributed by atoms with E-state index in [4.69, 9.17) is 0 Å². The number of aromatic hydroxyl groups is 1. The number of rotatable bonds is 4. The van der Waals surface area contributed by atoms with Gasteiger partial charge >= 0.3 is 0 Å². The van der Waals surface area contributed by atoms with E-state index in [-0.39, 0.29) is 5.75 Å². The second-order valence-corrected chi connectivity index (χ2v) is 4.32. The van der Waals surface area contributed by atoms with Gasteiger partial charge in [-0.1, -0.05) is 15.9 Å². The van der Waals surface area contributed by atoms with E-state index < -0.39 is 0 Å². The second kappa shape index (κ2) is 5.14. The molecule has 0 aliphatic rings. The number of phenolic OH excluding ortho intramolecular Hbond substituents is 1. The van der Waals surface area contributed by atoms with E-state index in [1.165, 1.54) is 0 Å². The van der Waals surface area contributed by atoms with E-state index >= 15 is 0 Å². The number of phenols is 1. The van der Waals surface area contributed by atoms with Crippen LogP contribution in [0.2, 0.25) is 0 Å². The molecule has 0 bridgehead atoms. The average Bonchev–Trinajstić information content (AvgIpc) is 2.76. The van der Waals surface area contributed by atoms with Crippen LogP contribution in [-0.4, -0.2) is 15.3 Å². The molecule has 0 aliphatic carbocycles. The zero-order valence-electron chi connectivity index (χ0n) is 8.57. The predicted octanol–water partition coefficient (Wildman–Crippen LogP) is 2.17. The van der Waals surface area contributed by atoms with Crippen LogP contribution in [0.25, 0.3) is 0 Å². The van der Waals surface area contributed by atoms with Crippen molar-refractivity contribution in [2.45, 2.75) is 13.1 Å². The monoisotopic (exact) mass is 281 g/mol. The summed E-state index contributed by atoms with van der Waals surface area (Å²) < 4.78 is 0.988. The number of benzene rings is 1. The van der Waals surface area contributed by atoms with Crippen molar-refractivity contribution in [3.8, 4) is 5.75 Å². The molecule has 0 fully saturated rings. The van der Waals surface area contributed by atoms with E-state index in [9.17, 15) is 5.11 Å². The fourth-order valence-corrected chi connectivity index (χ4v) is 1.80. The summed E-state index contributed by atoms with van der Waals surface area (Å²) in [7, 11) is 0. The Bertz CT molecular complexity index is 456. The first kappa shape index (κ1) is 11.2. The second-order valence-electron chi connectivity index (χ2n) is 3.46. The van der Waals surface area contributed by atoms with Gasteiger partial charge in [0.15, 0.2) is 0 Å². The molecule has 2 aromatic rings. The Morgan fingerprint density at radius 2 is 2.19 bits per heavy atom. The molecular weight excluding hydrogens is 270 g/mol. The summed E-state index contributed by atoms with van der Waals surface area (Å²) in [5.74, 6) is 0.279. The van der Waals surface area contributed by atoms with Crippen molar-refractivity contribution >= 4 is 15.9 Å². The van der Waals surface area contributed by atoms with E-state index in [0.717, 1.165) is 22.3 Å². The van der Waals surface area contributed by atoms with Crippen molar-refractivity contribution in [2.24, 2.45) is 0 Å². The number of nitrogens with zero attached hydrogens (tertiary/aromatic N) is 1. The molecule has 1 aromatic carbocycles. The summed E-state index contributed by atoms with van der Waals surface area (Å²) >= 11 is 3.44. The molecule has 0 radical (unpaired) electrons. The Hall–Kier alpha value is -1.33. The van der Waals surface area contributed by atoms with E-state index in [0.29, 0.717) is 6.54 Å². The Balaban J connectivity index is 1.92. The molecule has 1 aromatic heterocycles. The van der Waals surface area contributed by atoms with Crippen LogP contribution in [0, 0.1) is 0 Å². The number of aromatic nitrogens is 2. The predicted molar refractivity (Wildman–Crippen MR) is 64.9 cm³/mol. The van der Waals surface area contributed by atoms with E-state index in [1.807, 2.05) is 12.1 Å². The molecule has 2 rings (SSSR count). The van der Waals surface area contributed by atoms with Gasteiger partial charge in [-0.05, 0) is 29.8 Å². The minimum Gasteiger partial charge on any atom is -0.508 e. The maximum atomic E-state index is 9.36. The molecule has 0 amide bonds. The highest BCUT2D eigenvalue weighted by Crippen LogP contribution is 2.21. The van der Waals surface area contributed by atoms with Crippen LogP contribution in [0.5, 0.6) is 5.75 Å². The molecule has 0 spiro atoms. The van der Waals surface area contributed by atoms with Crippen molar-refractivity contribution < 1.29 is 5.11 Å². The van der Waals surface area contributed by atoms with Crippen molar-refractivity contribution in [3.05, 3.63) is 46.2 Å². The SMILES string of the molecule is Oc1ccc(Br)c(CNCc2ccn[nH]2)c1. The van der Waals surface area contributed by atoms with Gasteiger partial charge < -0.3 is 10.4 Å². The summed E-state index contributed by atoms with van der Waals surface area (Å²) in [6.07, 6.45) is 1.72. The molecule has 1 heterocycles. The zero-order valence-corrected chi connectivity index (χ0v) is 10.2. The lowest BCUT2D eigenvalue weighted by atomic mass is 10.2. The van der Waals surface area contributed by atoms with Gasteiger partial charge in [0.2, 0.25) is 0 Å². The molecule has 0 saturated heterocycles. The third-order valence-corrected chi connectivity index (χ3v) is 2.99. The lowest BCUT2D eigenvalue weighted by Gasteiger charge is -2.06. The van der Waals surface area contributed by atoms with Crippen LogP contribution < -0.4 is 5.32 Å². The molecule has 84 valence electrons. The fraction of sp³-hybridized carbons (Fsp3) is 0.182. The summed E-state index contributed by atoms with van der Waals surface area (Å²) in [4.78, 5) is 0. The summed E-state index contributed by atoms with van der Waals surface area (Å²) in [6.45, 7) is 1.41. The molecular formula is C11H12BrN3O. The first-order valence-electron chi connectivity index (χ1n) is 4.92. The number of nitrogens with one attached hydrogen (secondary N) is 2. The summed E-state index contributed by atoms with van der Waals surface area (Å²) in [6, 6.07) is 7.15. The Kier molecular flexibility index (Phi) is 3.58. The first-order chi connectivity index (χ1) is 7.75. The van der Waals surface area contributed by atoms with Gasteiger partial charge in [0.1, 0.15) is 5.75 Å². The number of aromatic amines is 1. The van der Waals surface area contributed by atoms with E-state index in [1.54, 1.807) is 18.3 Å². The minimum atomic E-state index is 0.279. The third kappa shape index (κ3) is 2.84. The standard InChI is InChI=1S/C11H12BrN3O/c12-11-2-1-10(16)5-8(11)6-13-7-9-3-4-14-15-9/h1-5,13,16H,6-7H2,(H,14,15). The maximum Gasteiger partial charge on any atom is 0.115 e. The van der Waals surface area contributed by atoms with Gasteiger partial charge in [0.25, 0.3) is 0 Å². The van der Waals surface area contributed by atoms with Gasteiger partial charge in [-0.25, -0.2) is 0 Å². The normalized spacial score (nSPS) is 10.6. The van der Waals surface area contributed by atoms with Crippen LogP contribution in [0.4, 0.5) is 0 Å². The molecule has 0 atom stereocenters. The highest BCUT2D eigenvalue weighted by atomic mass is 79.9. The Morgan fingerprint density at radius 3 is 2.94 bits per heavy atom. The molecule has 4 nitrogen and oxygen atoms in total. The zero-order chi connectivity index (χ0) is 11.4. The van der Waals surface area contributed by atoms with Crippen molar-refractivity contribution in [2.75, 3.05) is 0 Å². The number of hydrogen-bond acceptors (Lipinski definition) is 3. The van der Waals surface area contributed by atoms with Crippen LogP contribution >= 0.6 is 15.9 Å². The van der Waals surface area contributed by atoms with Crippen molar-refractivity contribution in [1.29, 1.82) is 0 Å². The summed E-state index contributed by atoms with van der Waals surface area (Å²) in [5.41, 5.74) is 2.07. The largest absolute Gasteiger partial charge is 0.508 e. The van der Waals surface area contributed by atoms with Crippen molar-refractivity contribution in [3.63, 3.8) is 0 Å². The maximum absolute atomic E-state index is 9.36. The highest BCUT2D eigenvalue weighted by Gasteiger charge is 2.01. The first-order valence-corrected chi connectivity index (χ1v) is 5.71. The number of halogens is 1. The van der Waals surface area contributed by atoms with E-state index in [2.05, 4.69) is 31.4 Å². The van der Waals surface area contributed by atoms with Crippen molar-refractivity contribution in [1.82, 2.24) is 15.5 Å². The topological polar surface area (TPSA) is 60.9 Å². The van der Waals surface area contributed by atoms with Gasteiger partial charge in [0, 0.05) is 29.5 Å². The van der Waals surface area contributed by atoms with Crippen LogP contribution in [0.15, 0.2) is 34.9 Å². The van der Waals surface area contributed by atoms with Crippen LogP contribution in [0.3, 0.4) is 0 Å². The molecule has 3 N–H and O–H groups in total. The smallest absolute Gasteiger partial charge is 0.115 e. The lowest BCUT2D eigenvalue weighted by Crippen LogP contribution is -2.13. The van der Waals surface area contributed by atoms with Gasteiger partial charge in [-0.3, -0.25) is 5.10 Å². The van der Waals surface area contributed by atoms with Gasteiger partial charge in [0.05, 0.1) is 0 Å². The minimum absolute atomic E-state index is 0.279. The lowest BCUT2D eigenvalue weighted by molar-refractivity contribution is 0.474. The number of hydrogen-bond donors (Lipinski definition) is 3. The van der Waals surface area contributed by atoms with Crippen LogP contribution in [-0.2, 0) is 13.1 Å². The molecule has 0 saturated carbocycles. The van der Waals surface area contributed by atoms with Gasteiger partial charge in [-0.15, -0.1) is 0 Å². The third-order valence-electron chi connectivity index (χ3n) is 2.22. The number of H-pyrrole nitrogens is 1. The van der Waals surface area contributed by atoms with Crippen LogP contribution in [0.1, 0.15) is 11.3 Å². The fourth-order valence-electron chi connectivity index (χ4n) is 1.41. The molecule has 0 unspecified atom stereocenters. The summed E-state index contributed by atoms with van der Waals surface area (Å²) in [5, 5.41) is 19.4. The molecule has 0 aliphatic heterocycles. The highest BCUT2D eigenvalue weighted by molar-refractivity contribution is 9.10. The molecule has 16 heavy (non-hydrogen) atoms. The Morgan fingerprint density at radius 1 is 1.31 bits per heavy atom. The average molecular weight is 282 g/mol. The quantitative estimate of drug-likeness (QED) is 0.805.